The molecule has 102 valence electrons. The van der Waals surface area contributed by atoms with E-state index in [1.54, 1.807) is 24.3 Å². The summed E-state index contributed by atoms with van der Waals surface area (Å²) in [6.07, 6.45) is 0. The number of para-hydroxylation sites is 1. The van der Waals surface area contributed by atoms with Gasteiger partial charge in [-0.1, -0.05) is 26.0 Å². The van der Waals surface area contributed by atoms with Gasteiger partial charge in [-0.15, -0.1) is 0 Å². The highest BCUT2D eigenvalue weighted by atomic mass is 32.2. The fraction of sp³-hybridized carbons (Fsp3) is 0.500. The number of aliphatic hydroxyl groups excluding tert-OH is 1. The normalized spacial score (nSPS) is 12.4. The Morgan fingerprint density at radius 3 is 2.44 bits per heavy atom. The lowest BCUT2D eigenvalue weighted by atomic mass is 9.95. The first kappa shape index (κ1) is 14.9. The molecule has 0 atom stereocenters. The van der Waals surface area contributed by atoms with Gasteiger partial charge in [0.05, 0.1) is 5.69 Å². The van der Waals surface area contributed by atoms with E-state index in [0.29, 0.717) is 12.2 Å². The van der Waals surface area contributed by atoms with Gasteiger partial charge < -0.3 is 10.4 Å². The molecule has 6 heteroatoms. The van der Waals surface area contributed by atoms with E-state index in [1.165, 1.54) is 7.05 Å². The second-order valence-electron chi connectivity index (χ2n) is 4.88. The first-order chi connectivity index (χ1) is 8.32. The van der Waals surface area contributed by atoms with Crippen molar-refractivity contribution in [3.05, 3.63) is 24.3 Å². The third kappa shape index (κ3) is 3.69. The van der Waals surface area contributed by atoms with E-state index < -0.39 is 10.0 Å². The summed E-state index contributed by atoms with van der Waals surface area (Å²) in [7, 11) is -2.10. The first-order valence-electron chi connectivity index (χ1n) is 5.70. The van der Waals surface area contributed by atoms with Crippen molar-refractivity contribution in [1.82, 2.24) is 4.72 Å². The number of hydrogen-bond acceptors (Lipinski definition) is 4. The molecule has 0 amide bonds. The lowest BCUT2D eigenvalue weighted by Gasteiger charge is -2.23. The van der Waals surface area contributed by atoms with Crippen LogP contribution in [0.3, 0.4) is 0 Å². The second kappa shape index (κ2) is 5.69. The SMILES string of the molecule is CNS(=O)(=O)c1ccccc1NCC(C)(C)CO. The Bertz CT molecular complexity index is 498. The molecule has 0 saturated carbocycles. The lowest BCUT2D eigenvalue weighted by Crippen LogP contribution is -2.28. The summed E-state index contributed by atoms with van der Waals surface area (Å²) in [6, 6.07) is 6.69. The maximum absolute atomic E-state index is 11.8. The second-order valence-corrected chi connectivity index (χ2v) is 6.73. The number of nitrogens with one attached hydrogen (secondary N) is 2. The Kier molecular flexibility index (Phi) is 4.72. The van der Waals surface area contributed by atoms with Crippen LogP contribution in [0.1, 0.15) is 13.8 Å². The Morgan fingerprint density at radius 1 is 1.28 bits per heavy atom. The van der Waals surface area contributed by atoms with Gasteiger partial charge in [-0.25, -0.2) is 13.1 Å². The summed E-state index contributed by atoms with van der Waals surface area (Å²) < 4.78 is 25.9. The zero-order chi connectivity index (χ0) is 13.8. The van der Waals surface area contributed by atoms with E-state index in [0.717, 1.165) is 0 Å². The van der Waals surface area contributed by atoms with Gasteiger partial charge in [0, 0.05) is 18.6 Å². The standard InChI is InChI=1S/C12H20N2O3S/c1-12(2,9-15)8-14-10-6-4-5-7-11(10)18(16,17)13-3/h4-7,13-15H,8-9H2,1-3H3. The Morgan fingerprint density at radius 2 is 1.89 bits per heavy atom. The fourth-order valence-electron chi connectivity index (χ4n) is 1.35. The minimum absolute atomic E-state index is 0.0287. The summed E-state index contributed by atoms with van der Waals surface area (Å²) in [6.45, 7) is 4.31. The van der Waals surface area contributed by atoms with Gasteiger partial charge in [0.15, 0.2) is 0 Å². The number of anilines is 1. The van der Waals surface area contributed by atoms with Gasteiger partial charge in [0.25, 0.3) is 0 Å². The quantitative estimate of drug-likeness (QED) is 0.722. The number of rotatable bonds is 6. The molecule has 0 aliphatic rings. The molecule has 0 unspecified atom stereocenters. The van der Waals surface area contributed by atoms with Crippen LogP contribution in [0.5, 0.6) is 0 Å². The van der Waals surface area contributed by atoms with Crippen LogP contribution in [0, 0.1) is 5.41 Å². The van der Waals surface area contributed by atoms with E-state index in [1.807, 2.05) is 13.8 Å². The van der Waals surface area contributed by atoms with E-state index in [9.17, 15) is 13.5 Å². The predicted molar refractivity (Wildman–Crippen MR) is 72.0 cm³/mol. The average Bonchev–Trinajstić information content (AvgIpc) is 2.37. The van der Waals surface area contributed by atoms with Gasteiger partial charge in [-0.05, 0) is 19.2 Å². The molecule has 0 saturated heterocycles. The summed E-state index contributed by atoms with van der Waals surface area (Å²) in [5, 5.41) is 12.2. The van der Waals surface area contributed by atoms with Gasteiger partial charge in [0.1, 0.15) is 4.90 Å². The molecule has 0 bridgehead atoms. The molecule has 1 rings (SSSR count). The molecule has 18 heavy (non-hydrogen) atoms. The molecule has 0 spiro atoms. The molecule has 0 aromatic heterocycles. The molecule has 0 heterocycles. The maximum Gasteiger partial charge on any atom is 0.242 e. The molecule has 1 aromatic carbocycles. The van der Waals surface area contributed by atoms with E-state index in [-0.39, 0.29) is 16.9 Å². The zero-order valence-corrected chi connectivity index (χ0v) is 11.7. The molecule has 0 fully saturated rings. The number of aliphatic hydroxyl groups is 1. The van der Waals surface area contributed by atoms with Crippen LogP contribution in [0.2, 0.25) is 0 Å². The Balaban J connectivity index is 2.98. The maximum atomic E-state index is 11.8. The van der Waals surface area contributed by atoms with Crippen LogP contribution in [-0.4, -0.2) is 33.7 Å². The van der Waals surface area contributed by atoms with Crippen LogP contribution < -0.4 is 10.0 Å². The van der Waals surface area contributed by atoms with Gasteiger partial charge >= 0.3 is 0 Å². The van der Waals surface area contributed by atoms with Gasteiger partial charge in [-0.3, -0.25) is 0 Å². The molecular formula is C12H20N2O3S. The van der Waals surface area contributed by atoms with Crippen molar-refractivity contribution in [2.75, 3.05) is 25.5 Å². The average molecular weight is 272 g/mol. The highest BCUT2D eigenvalue weighted by Gasteiger charge is 2.19. The topological polar surface area (TPSA) is 78.4 Å². The van der Waals surface area contributed by atoms with Crippen molar-refractivity contribution < 1.29 is 13.5 Å². The van der Waals surface area contributed by atoms with Crippen LogP contribution in [0.25, 0.3) is 0 Å². The number of sulfonamides is 1. The van der Waals surface area contributed by atoms with Gasteiger partial charge in [0.2, 0.25) is 10.0 Å². The summed E-state index contributed by atoms with van der Waals surface area (Å²) in [5.74, 6) is 0. The molecule has 0 aliphatic carbocycles. The summed E-state index contributed by atoms with van der Waals surface area (Å²) >= 11 is 0. The summed E-state index contributed by atoms with van der Waals surface area (Å²) in [4.78, 5) is 0.209. The van der Waals surface area contributed by atoms with E-state index in [4.69, 9.17) is 0 Å². The van der Waals surface area contributed by atoms with Crippen molar-refractivity contribution in [2.24, 2.45) is 5.41 Å². The van der Waals surface area contributed by atoms with Crippen molar-refractivity contribution in [1.29, 1.82) is 0 Å². The molecule has 0 aliphatic heterocycles. The summed E-state index contributed by atoms with van der Waals surface area (Å²) in [5.41, 5.74) is 0.227. The van der Waals surface area contributed by atoms with E-state index >= 15 is 0 Å². The van der Waals surface area contributed by atoms with Crippen molar-refractivity contribution in [2.45, 2.75) is 18.7 Å². The zero-order valence-electron chi connectivity index (χ0n) is 10.9. The molecule has 5 nitrogen and oxygen atoms in total. The highest BCUT2D eigenvalue weighted by Crippen LogP contribution is 2.22. The third-order valence-electron chi connectivity index (χ3n) is 2.63. The Hall–Kier alpha value is -1.11. The molecular weight excluding hydrogens is 252 g/mol. The predicted octanol–water partition coefficient (Wildman–Crippen LogP) is 1.03. The van der Waals surface area contributed by atoms with E-state index in [2.05, 4.69) is 10.0 Å². The van der Waals surface area contributed by atoms with Crippen molar-refractivity contribution >= 4 is 15.7 Å². The largest absolute Gasteiger partial charge is 0.396 e. The minimum atomic E-state index is -3.48. The van der Waals surface area contributed by atoms with Crippen LogP contribution in [0.15, 0.2) is 29.2 Å². The monoisotopic (exact) mass is 272 g/mol. The molecule has 3 N–H and O–H groups in total. The van der Waals surface area contributed by atoms with Crippen molar-refractivity contribution in [3.8, 4) is 0 Å². The molecule has 1 aromatic rings. The van der Waals surface area contributed by atoms with Crippen LogP contribution >= 0.6 is 0 Å². The third-order valence-corrected chi connectivity index (χ3v) is 4.10. The lowest BCUT2D eigenvalue weighted by molar-refractivity contribution is 0.171. The minimum Gasteiger partial charge on any atom is -0.396 e. The number of benzene rings is 1. The Labute approximate surface area is 108 Å². The first-order valence-corrected chi connectivity index (χ1v) is 7.18. The smallest absolute Gasteiger partial charge is 0.242 e. The fourth-order valence-corrected chi connectivity index (χ4v) is 2.25. The van der Waals surface area contributed by atoms with Crippen molar-refractivity contribution in [3.63, 3.8) is 0 Å². The van der Waals surface area contributed by atoms with Crippen LogP contribution in [-0.2, 0) is 10.0 Å². The highest BCUT2D eigenvalue weighted by molar-refractivity contribution is 7.89. The van der Waals surface area contributed by atoms with Crippen LogP contribution in [0.4, 0.5) is 5.69 Å². The number of hydrogen-bond donors (Lipinski definition) is 3. The molecule has 0 radical (unpaired) electrons. The van der Waals surface area contributed by atoms with Gasteiger partial charge in [-0.2, -0.15) is 0 Å².